The van der Waals surface area contributed by atoms with Crippen LogP contribution in [0, 0.1) is 0 Å². The molecule has 6 heteroatoms. The van der Waals surface area contributed by atoms with Crippen LogP contribution >= 0.6 is 0 Å². The van der Waals surface area contributed by atoms with Gasteiger partial charge >= 0.3 is 23.0 Å². The zero-order chi connectivity index (χ0) is 21.8. The number of rotatable bonds is 3. The SMILES string of the molecule is CC(C)c1cc(C(=O)[OH2+])c([OH2+])c(C(C)C)c1.[Cu+2].c1cnc2c(c1)ccc1cccnc12. The fourth-order valence-electron chi connectivity index (χ4n) is 3.34. The first-order valence-electron chi connectivity index (χ1n) is 10.0. The van der Waals surface area contributed by atoms with Crippen LogP contribution in [0.4, 0.5) is 0 Å². The maximum atomic E-state index is 11.2. The minimum atomic E-state index is -0.769. The summed E-state index contributed by atoms with van der Waals surface area (Å²) in [6.07, 6.45) is 3.60. The Morgan fingerprint density at radius 2 is 1.35 bits per heavy atom. The van der Waals surface area contributed by atoms with Gasteiger partial charge in [0.15, 0.2) is 0 Å². The van der Waals surface area contributed by atoms with Crippen molar-refractivity contribution >= 4 is 27.8 Å². The van der Waals surface area contributed by atoms with Crippen molar-refractivity contribution in [3.63, 3.8) is 0 Å². The second-order valence-corrected chi connectivity index (χ2v) is 7.89. The van der Waals surface area contributed by atoms with E-state index in [-0.39, 0.29) is 34.3 Å². The number of aromatic nitrogens is 2. The summed E-state index contributed by atoms with van der Waals surface area (Å²) >= 11 is 0. The minimum Gasteiger partial charge on any atom is -0.592 e. The van der Waals surface area contributed by atoms with Gasteiger partial charge in [0.05, 0.1) is 16.6 Å². The average molecular weight is 468 g/mol. The number of carbonyl (C=O) groups excluding carboxylic acids is 1. The molecule has 5 nitrogen and oxygen atoms in total. The molecule has 2 aromatic heterocycles. The van der Waals surface area contributed by atoms with Gasteiger partial charge in [-0.25, -0.2) is 0 Å². The van der Waals surface area contributed by atoms with Crippen molar-refractivity contribution in [3.05, 3.63) is 77.6 Å². The van der Waals surface area contributed by atoms with E-state index in [1.807, 2.05) is 45.9 Å². The second-order valence-electron chi connectivity index (χ2n) is 7.89. The summed E-state index contributed by atoms with van der Waals surface area (Å²) in [4.78, 5) is 19.9. The predicted molar refractivity (Wildman–Crippen MR) is 123 cm³/mol. The van der Waals surface area contributed by atoms with Gasteiger partial charge in [0.25, 0.3) is 5.75 Å². The van der Waals surface area contributed by atoms with Crippen LogP contribution in [0.5, 0.6) is 5.75 Å². The molecule has 4 rings (SSSR count). The smallest absolute Gasteiger partial charge is 0.592 e. The van der Waals surface area contributed by atoms with Crippen LogP contribution in [0.2, 0.25) is 0 Å². The van der Waals surface area contributed by atoms with Crippen molar-refractivity contribution in [2.75, 3.05) is 0 Å². The van der Waals surface area contributed by atoms with Gasteiger partial charge in [-0.05, 0) is 41.7 Å². The number of benzene rings is 2. The first-order valence-corrected chi connectivity index (χ1v) is 10.0. The summed E-state index contributed by atoms with van der Waals surface area (Å²) in [5.74, 6) is -0.0608. The average Bonchev–Trinajstić information content (AvgIpc) is 2.73. The quantitative estimate of drug-likeness (QED) is 0.241. The van der Waals surface area contributed by atoms with E-state index in [0.29, 0.717) is 5.92 Å². The molecule has 0 fully saturated rings. The zero-order valence-corrected chi connectivity index (χ0v) is 19.0. The molecule has 163 valence electrons. The Labute approximate surface area is 192 Å². The van der Waals surface area contributed by atoms with Gasteiger partial charge in [0.1, 0.15) is 0 Å². The largest absolute Gasteiger partial charge is 2.00 e. The van der Waals surface area contributed by atoms with Gasteiger partial charge < -0.3 is 10.2 Å². The van der Waals surface area contributed by atoms with Crippen molar-refractivity contribution in [3.8, 4) is 5.75 Å². The standard InChI is InChI=1S/C13H18O3.C12H8N2.Cu/c1-7(2)9-5-10(8(3)4)12(14)11(6-9)13(15)16;1-3-9-5-6-10-4-2-8-14-12(10)11(9)13-7-1;/h5-8,14H,1-4H3,(H,15,16);1-8H;/q;;+2/p+2. The Morgan fingerprint density at radius 3 is 1.77 bits per heavy atom. The molecule has 0 aliphatic carbocycles. The van der Waals surface area contributed by atoms with E-state index in [9.17, 15) is 4.79 Å². The number of hydrogen-bond donors (Lipinski definition) is 0. The number of hydrogen-bond acceptors (Lipinski definition) is 3. The third-order valence-corrected chi connectivity index (χ3v) is 5.07. The number of carbonyl (C=O) groups is 1. The van der Waals surface area contributed by atoms with Crippen LogP contribution in [-0.4, -0.2) is 26.2 Å². The van der Waals surface area contributed by atoms with Crippen molar-refractivity contribution in [1.29, 1.82) is 0 Å². The third-order valence-electron chi connectivity index (χ3n) is 5.07. The van der Waals surface area contributed by atoms with Gasteiger partial charge in [0.2, 0.25) is 5.56 Å². The predicted octanol–water partition coefficient (Wildman–Crippen LogP) is 5.02. The van der Waals surface area contributed by atoms with E-state index in [2.05, 4.69) is 34.2 Å². The fraction of sp³-hybridized carbons (Fsp3) is 0.240. The molecule has 0 aliphatic rings. The number of fused-ring (bicyclic) bond motifs is 3. The minimum absolute atomic E-state index is 0. The van der Waals surface area contributed by atoms with E-state index in [4.69, 9.17) is 10.2 Å². The molecule has 2 aromatic carbocycles. The van der Waals surface area contributed by atoms with Crippen LogP contribution in [0.15, 0.2) is 60.9 Å². The third kappa shape index (κ3) is 5.40. The van der Waals surface area contributed by atoms with Gasteiger partial charge in [-0.1, -0.05) is 52.0 Å². The molecule has 1 radical (unpaired) electrons. The van der Waals surface area contributed by atoms with E-state index in [0.717, 1.165) is 32.9 Å². The summed E-state index contributed by atoms with van der Waals surface area (Å²) in [6, 6.07) is 15.8. The first kappa shape index (κ1) is 24.3. The Kier molecular flexibility index (Phi) is 8.14. The summed E-state index contributed by atoms with van der Waals surface area (Å²) < 4.78 is 0. The summed E-state index contributed by atoms with van der Waals surface area (Å²) in [5.41, 5.74) is 4.04. The molecule has 0 unspecified atom stereocenters. The van der Waals surface area contributed by atoms with E-state index >= 15 is 0 Å². The maximum Gasteiger partial charge on any atom is 2.00 e. The molecule has 0 saturated carbocycles. The molecule has 0 amide bonds. The fourth-order valence-corrected chi connectivity index (χ4v) is 3.34. The van der Waals surface area contributed by atoms with Crippen LogP contribution in [-0.2, 0) is 17.1 Å². The van der Waals surface area contributed by atoms with Gasteiger partial charge in [-0.2, -0.15) is 0 Å². The van der Waals surface area contributed by atoms with E-state index < -0.39 is 5.97 Å². The molecule has 4 N–H and O–H groups in total. The Morgan fingerprint density at radius 1 is 0.839 bits per heavy atom. The molecule has 0 bridgehead atoms. The van der Waals surface area contributed by atoms with Crippen LogP contribution < -0.4 is 0 Å². The molecular formula is C25H28CuN2O3+4. The summed E-state index contributed by atoms with van der Waals surface area (Å²) in [5, 5.41) is 17.4. The molecule has 31 heavy (non-hydrogen) atoms. The molecule has 2 heterocycles. The monoisotopic (exact) mass is 467 g/mol. The summed E-state index contributed by atoms with van der Waals surface area (Å²) in [7, 11) is 0. The van der Waals surface area contributed by atoms with Crippen molar-refractivity contribution < 1.29 is 32.1 Å². The molecular weight excluding hydrogens is 440 g/mol. The maximum absolute atomic E-state index is 11.2. The molecule has 0 spiro atoms. The molecule has 0 saturated heterocycles. The topological polar surface area (TPSA) is 88.6 Å². The van der Waals surface area contributed by atoms with Crippen LogP contribution in [0.1, 0.15) is 61.0 Å². The summed E-state index contributed by atoms with van der Waals surface area (Å²) in [6.45, 7) is 8.08. The first-order chi connectivity index (χ1) is 14.3. The Hall–Kier alpha value is -2.95. The van der Waals surface area contributed by atoms with E-state index in [1.165, 1.54) is 0 Å². The second kappa shape index (κ2) is 10.4. The van der Waals surface area contributed by atoms with E-state index in [1.54, 1.807) is 18.5 Å². The Bertz CT molecular complexity index is 1150. The van der Waals surface area contributed by atoms with Crippen molar-refractivity contribution in [1.82, 2.24) is 9.97 Å². The van der Waals surface area contributed by atoms with Crippen LogP contribution in [0.25, 0.3) is 21.8 Å². The zero-order valence-electron chi connectivity index (χ0n) is 18.0. The molecule has 0 atom stereocenters. The van der Waals surface area contributed by atoms with Gasteiger partial charge in [-0.15, -0.1) is 0 Å². The molecule has 4 aromatic rings. The Balaban J connectivity index is 0.000000214. The number of pyridine rings is 2. The normalized spacial score (nSPS) is 10.6. The number of nitrogens with zero attached hydrogens (tertiary/aromatic N) is 2. The van der Waals surface area contributed by atoms with Gasteiger partial charge in [-0.3, -0.25) is 9.97 Å². The molecule has 0 aliphatic heterocycles. The van der Waals surface area contributed by atoms with Crippen molar-refractivity contribution in [2.24, 2.45) is 0 Å². The van der Waals surface area contributed by atoms with Crippen LogP contribution in [0.3, 0.4) is 0 Å². The van der Waals surface area contributed by atoms with Gasteiger partial charge in [0, 0.05) is 28.0 Å². The van der Waals surface area contributed by atoms with Crippen molar-refractivity contribution in [2.45, 2.75) is 39.5 Å².